The first-order chi connectivity index (χ1) is 9.86. The number of nitrogens with one attached hydrogen (secondary N) is 1. The van der Waals surface area contributed by atoms with Gasteiger partial charge in [0.2, 0.25) is 0 Å². The normalized spacial score (nSPS) is 10.4. The van der Waals surface area contributed by atoms with Crippen LogP contribution < -0.4 is 16.0 Å². The molecule has 2 heterocycles. The minimum atomic E-state index is 0.339. The summed E-state index contributed by atoms with van der Waals surface area (Å²) in [4.78, 5) is 12.6. The third-order valence-electron chi connectivity index (χ3n) is 2.83. The summed E-state index contributed by atoms with van der Waals surface area (Å²) in [7, 11) is 0. The zero-order valence-corrected chi connectivity index (χ0v) is 10.7. The van der Waals surface area contributed by atoms with E-state index < -0.39 is 0 Å². The Labute approximate surface area is 115 Å². The van der Waals surface area contributed by atoms with Crippen molar-refractivity contribution in [2.75, 3.05) is 5.43 Å². The Balaban J connectivity index is 1.79. The van der Waals surface area contributed by atoms with Crippen LogP contribution >= 0.6 is 0 Å². The van der Waals surface area contributed by atoms with Crippen LogP contribution in [0, 0.1) is 0 Å². The second-order valence-corrected chi connectivity index (χ2v) is 4.15. The molecule has 3 N–H and O–H groups in total. The van der Waals surface area contributed by atoms with Gasteiger partial charge < -0.3 is 10.2 Å². The highest BCUT2D eigenvalue weighted by molar-refractivity contribution is 5.84. The van der Waals surface area contributed by atoms with Gasteiger partial charge in [0.1, 0.15) is 12.4 Å². The molecule has 0 aliphatic carbocycles. The largest absolute Gasteiger partial charge is 0.487 e. The maximum absolute atomic E-state index is 5.78. The van der Waals surface area contributed by atoms with E-state index in [0.717, 1.165) is 22.3 Å². The third kappa shape index (κ3) is 2.50. The van der Waals surface area contributed by atoms with E-state index >= 15 is 0 Å². The Hall–Kier alpha value is -2.73. The molecule has 0 bridgehead atoms. The van der Waals surface area contributed by atoms with Crippen molar-refractivity contribution < 1.29 is 4.74 Å². The van der Waals surface area contributed by atoms with Gasteiger partial charge in [-0.25, -0.2) is 10.8 Å². The lowest BCUT2D eigenvalue weighted by Crippen LogP contribution is -2.09. The summed E-state index contributed by atoms with van der Waals surface area (Å²) in [5, 5.41) is 0.975. The molecular formula is C14H13N5O. The summed E-state index contributed by atoms with van der Waals surface area (Å²) >= 11 is 0. The quantitative estimate of drug-likeness (QED) is 0.554. The van der Waals surface area contributed by atoms with Crippen molar-refractivity contribution in [3.63, 3.8) is 0 Å². The van der Waals surface area contributed by atoms with Crippen LogP contribution in [-0.2, 0) is 6.61 Å². The molecule has 3 rings (SSSR count). The Bertz CT molecular complexity index is 709. The molecule has 100 valence electrons. The molecule has 0 saturated heterocycles. The van der Waals surface area contributed by atoms with Gasteiger partial charge in [0, 0.05) is 11.6 Å². The molecule has 0 amide bonds. The molecule has 0 spiro atoms. The Morgan fingerprint density at radius 2 is 2.00 bits per heavy atom. The van der Waals surface area contributed by atoms with E-state index in [0.29, 0.717) is 12.4 Å². The summed E-state index contributed by atoms with van der Waals surface area (Å²) in [6, 6.07) is 9.64. The number of nitrogens with zero attached hydrogens (tertiary/aromatic N) is 3. The lowest BCUT2D eigenvalue weighted by molar-refractivity contribution is 0.304. The van der Waals surface area contributed by atoms with E-state index in [1.54, 1.807) is 18.6 Å². The van der Waals surface area contributed by atoms with E-state index in [9.17, 15) is 0 Å². The van der Waals surface area contributed by atoms with Crippen molar-refractivity contribution in [1.29, 1.82) is 0 Å². The Morgan fingerprint density at radius 1 is 1.05 bits per heavy atom. The fraction of sp³-hybridized carbons (Fsp3) is 0.0714. The Kier molecular flexibility index (Phi) is 3.38. The van der Waals surface area contributed by atoms with Crippen LogP contribution in [0.1, 0.15) is 5.69 Å². The number of anilines is 1. The van der Waals surface area contributed by atoms with Gasteiger partial charge in [0.15, 0.2) is 5.82 Å². The molecule has 20 heavy (non-hydrogen) atoms. The minimum Gasteiger partial charge on any atom is -0.487 e. The predicted molar refractivity (Wildman–Crippen MR) is 75.9 cm³/mol. The molecule has 1 aromatic carbocycles. The van der Waals surface area contributed by atoms with Gasteiger partial charge in [-0.2, -0.15) is 0 Å². The van der Waals surface area contributed by atoms with E-state index in [1.807, 2.05) is 30.3 Å². The van der Waals surface area contributed by atoms with Crippen molar-refractivity contribution >= 4 is 16.7 Å². The lowest BCUT2D eigenvalue weighted by atomic mass is 10.2. The SMILES string of the molecule is NNc1cnc(COc2cccc3ncccc23)cn1. The van der Waals surface area contributed by atoms with Crippen molar-refractivity contribution in [3.05, 3.63) is 54.6 Å². The second-order valence-electron chi connectivity index (χ2n) is 4.15. The summed E-state index contributed by atoms with van der Waals surface area (Å²) < 4.78 is 5.78. The molecule has 0 radical (unpaired) electrons. The summed E-state index contributed by atoms with van der Waals surface area (Å²) in [5.74, 6) is 6.53. The lowest BCUT2D eigenvalue weighted by Gasteiger charge is -2.08. The molecule has 0 atom stereocenters. The zero-order chi connectivity index (χ0) is 13.8. The van der Waals surface area contributed by atoms with Crippen molar-refractivity contribution in [1.82, 2.24) is 15.0 Å². The fourth-order valence-corrected chi connectivity index (χ4v) is 1.86. The number of benzene rings is 1. The van der Waals surface area contributed by atoms with E-state index in [4.69, 9.17) is 10.6 Å². The molecule has 6 nitrogen and oxygen atoms in total. The second kappa shape index (κ2) is 5.50. The highest BCUT2D eigenvalue weighted by Crippen LogP contribution is 2.24. The van der Waals surface area contributed by atoms with Crippen LogP contribution in [0.2, 0.25) is 0 Å². The summed E-state index contributed by atoms with van der Waals surface area (Å²) in [5.41, 5.74) is 4.06. The highest BCUT2D eigenvalue weighted by atomic mass is 16.5. The molecule has 2 aromatic heterocycles. The van der Waals surface area contributed by atoms with Gasteiger partial charge in [-0.3, -0.25) is 9.97 Å². The first-order valence-electron chi connectivity index (χ1n) is 6.11. The standard InChI is InChI=1S/C14H13N5O/c15-19-14-8-17-10(7-18-14)9-20-13-5-1-4-12-11(13)3-2-6-16-12/h1-8H,9,15H2,(H,18,19). The van der Waals surface area contributed by atoms with E-state index in [1.165, 1.54) is 0 Å². The van der Waals surface area contributed by atoms with Gasteiger partial charge >= 0.3 is 0 Å². The number of fused-ring (bicyclic) bond motifs is 1. The number of hydrogen-bond donors (Lipinski definition) is 2. The summed E-state index contributed by atoms with van der Waals surface area (Å²) in [6.45, 7) is 0.339. The average Bonchev–Trinajstić information content (AvgIpc) is 2.53. The molecule has 0 aliphatic heterocycles. The van der Waals surface area contributed by atoms with Crippen molar-refractivity contribution in [2.45, 2.75) is 6.61 Å². The maximum Gasteiger partial charge on any atom is 0.158 e. The van der Waals surface area contributed by atoms with Crippen LogP contribution in [0.5, 0.6) is 5.75 Å². The van der Waals surface area contributed by atoms with E-state index in [2.05, 4.69) is 20.4 Å². The number of hydrazine groups is 1. The smallest absolute Gasteiger partial charge is 0.158 e. The first kappa shape index (κ1) is 12.3. The molecule has 6 heteroatoms. The van der Waals surface area contributed by atoms with Gasteiger partial charge in [0.05, 0.1) is 23.6 Å². The molecule has 0 fully saturated rings. The molecule has 0 saturated carbocycles. The molecular weight excluding hydrogens is 254 g/mol. The topological polar surface area (TPSA) is 86.0 Å². The molecule has 0 unspecified atom stereocenters. The van der Waals surface area contributed by atoms with Gasteiger partial charge in [-0.1, -0.05) is 6.07 Å². The fourth-order valence-electron chi connectivity index (χ4n) is 1.86. The summed E-state index contributed by atoms with van der Waals surface area (Å²) in [6.07, 6.45) is 4.94. The number of rotatable bonds is 4. The molecule has 3 aromatic rings. The van der Waals surface area contributed by atoms with Crippen LogP contribution in [0.25, 0.3) is 10.9 Å². The zero-order valence-electron chi connectivity index (χ0n) is 10.7. The minimum absolute atomic E-state index is 0.339. The number of hydrogen-bond acceptors (Lipinski definition) is 6. The monoisotopic (exact) mass is 267 g/mol. The van der Waals surface area contributed by atoms with Crippen molar-refractivity contribution in [3.8, 4) is 5.75 Å². The number of nitrogens with two attached hydrogens (primary N) is 1. The van der Waals surface area contributed by atoms with Gasteiger partial charge in [-0.05, 0) is 24.3 Å². The highest BCUT2D eigenvalue weighted by Gasteiger charge is 2.03. The first-order valence-corrected chi connectivity index (χ1v) is 6.11. The molecule has 0 aliphatic rings. The third-order valence-corrected chi connectivity index (χ3v) is 2.83. The number of aromatic nitrogens is 3. The number of nitrogen functional groups attached to an aromatic ring is 1. The number of pyridine rings is 1. The van der Waals surface area contributed by atoms with Crippen LogP contribution in [0.4, 0.5) is 5.82 Å². The van der Waals surface area contributed by atoms with Crippen molar-refractivity contribution in [2.24, 2.45) is 5.84 Å². The number of ether oxygens (including phenoxy) is 1. The van der Waals surface area contributed by atoms with E-state index in [-0.39, 0.29) is 0 Å². The average molecular weight is 267 g/mol. The predicted octanol–water partition coefficient (Wildman–Crippen LogP) is 1.89. The van der Waals surface area contributed by atoms with Crippen LogP contribution in [0.15, 0.2) is 48.9 Å². The van der Waals surface area contributed by atoms with Gasteiger partial charge in [-0.15, -0.1) is 0 Å². The van der Waals surface area contributed by atoms with Crippen LogP contribution in [0.3, 0.4) is 0 Å². The van der Waals surface area contributed by atoms with Gasteiger partial charge in [0.25, 0.3) is 0 Å². The van der Waals surface area contributed by atoms with Crippen LogP contribution in [-0.4, -0.2) is 15.0 Å². The Morgan fingerprint density at radius 3 is 2.80 bits per heavy atom. The maximum atomic E-state index is 5.78.